The zero-order valence-electron chi connectivity index (χ0n) is 10.7. The van der Waals surface area contributed by atoms with Gasteiger partial charge in [-0.15, -0.1) is 11.6 Å². The molecule has 1 unspecified atom stereocenters. The Labute approximate surface area is 121 Å². The van der Waals surface area contributed by atoms with E-state index in [1.807, 2.05) is 24.3 Å². The van der Waals surface area contributed by atoms with Crippen molar-refractivity contribution < 1.29 is 10.0 Å². The van der Waals surface area contributed by atoms with Gasteiger partial charge in [0, 0.05) is 24.4 Å². The van der Waals surface area contributed by atoms with Crippen LogP contribution in [-0.2, 0) is 12.3 Å². The van der Waals surface area contributed by atoms with E-state index in [0.29, 0.717) is 12.3 Å². The number of nitro groups is 1. The van der Waals surface area contributed by atoms with Crippen LogP contribution in [0.1, 0.15) is 22.8 Å². The number of halogens is 1. The zero-order chi connectivity index (χ0) is 14.5. The number of nitrogens with zero attached hydrogens (tertiary/aromatic N) is 1. The third-order valence-corrected chi connectivity index (χ3v) is 3.40. The number of benzene rings is 2. The summed E-state index contributed by atoms with van der Waals surface area (Å²) in [6.07, 6.45) is -0.223. The molecule has 104 valence electrons. The van der Waals surface area contributed by atoms with E-state index in [2.05, 4.69) is 0 Å². The van der Waals surface area contributed by atoms with Crippen LogP contribution >= 0.6 is 11.6 Å². The maximum atomic E-state index is 10.6. The molecule has 0 heterocycles. The van der Waals surface area contributed by atoms with E-state index in [-0.39, 0.29) is 5.69 Å². The van der Waals surface area contributed by atoms with E-state index in [9.17, 15) is 15.2 Å². The van der Waals surface area contributed by atoms with Gasteiger partial charge in [0.15, 0.2) is 0 Å². The summed E-state index contributed by atoms with van der Waals surface area (Å²) in [7, 11) is 0. The molecule has 4 nitrogen and oxygen atoms in total. The van der Waals surface area contributed by atoms with Crippen molar-refractivity contribution in [1.29, 1.82) is 0 Å². The molecule has 2 aromatic rings. The van der Waals surface area contributed by atoms with E-state index in [1.165, 1.54) is 12.1 Å². The first-order chi connectivity index (χ1) is 9.60. The molecule has 0 aliphatic heterocycles. The van der Waals surface area contributed by atoms with Crippen LogP contribution < -0.4 is 0 Å². The highest BCUT2D eigenvalue weighted by atomic mass is 35.5. The minimum atomic E-state index is -0.638. The van der Waals surface area contributed by atoms with E-state index < -0.39 is 11.0 Å². The van der Waals surface area contributed by atoms with Gasteiger partial charge < -0.3 is 5.11 Å². The second-order valence-corrected chi connectivity index (χ2v) is 4.79. The summed E-state index contributed by atoms with van der Waals surface area (Å²) in [6, 6.07) is 13.6. The fraction of sp³-hybridized carbons (Fsp3) is 0.200. The Morgan fingerprint density at radius 1 is 1.05 bits per heavy atom. The van der Waals surface area contributed by atoms with Gasteiger partial charge in [0.25, 0.3) is 5.69 Å². The average Bonchev–Trinajstić information content (AvgIpc) is 2.48. The summed E-state index contributed by atoms with van der Waals surface area (Å²) < 4.78 is 0. The van der Waals surface area contributed by atoms with Crippen molar-refractivity contribution >= 4 is 17.3 Å². The van der Waals surface area contributed by atoms with Gasteiger partial charge in [-0.2, -0.15) is 0 Å². The van der Waals surface area contributed by atoms with E-state index in [1.54, 1.807) is 12.1 Å². The van der Waals surface area contributed by atoms with Crippen LogP contribution in [0.25, 0.3) is 0 Å². The number of nitro benzene ring substituents is 1. The first-order valence-corrected chi connectivity index (χ1v) is 6.70. The third kappa shape index (κ3) is 3.56. The molecule has 0 aromatic heterocycles. The lowest BCUT2D eigenvalue weighted by Crippen LogP contribution is -2.02. The van der Waals surface area contributed by atoms with Crippen molar-refractivity contribution in [3.05, 3.63) is 75.3 Å². The molecule has 0 saturated carbocycles. The molecule has 0 aliphatic rings. The molecule has 2 aromatic carbocycles. The van der Waals surface area contributed by atoms with E-state index in [4.69, 9.17) is 11.6 Å². The standard InChI is InChI=1S/C15H14ClNO3/c16-10-12-1-5-13(6-2-12)15(18)9-11-3-7-14(8-4-11)17(19)20/h1-8,15,18H,9-10H2. The predicted octanol–water partition coefficient (Wildman–Crippen LogP) is 3.61. The van der Waals surface area contributed by atoms with Gasteiger partial charge in [0.05, 0.1) is 11.0 Å². The number of hydrogen-bond donors (Lipinski definition) is 1. The van der Waals surface area contributed by atoms with Crippen LogP contribution in [0.3, 0.4) is 0 Å². The lowest BCUT2D eigenvalue weighted by Gasteiger charge is -2.11. The molecule has 2 rings (SSSR count). The van der Waals surface area contributed by atoms with Crippen molar-refractivity contribution in [3.63, 3.8) is 0 Å². The number of aliphatic hydroxyl groups is 1. The summed E-state index contributed by atoms with van der Waals surface area (Å²) >= 11 is 5.71. The van der Waals surface area contributed by atoms with Gasteiger partial charge in [-0.05, 0) is 16.7 Å². The predicted molar refractivity (Wildman–Crippen MR) is 77.8 cm³/mol. The molecular weight excluding hydrogens is 278 g/mol. The first-order valence-electron chi connectivity index (χ1n) is 6.16. The lowest BCUT2D eigenvalue weighted by molar-refractivity contribution is -0.384. The Hall–Kier alpha value is -1.91. The Bertz CT molecular complexity index is 581. The van der Waals surface area contributed by atoms with E-state index in [0.717, 1.165) is 16.7 Å². The number of hydrogen-bond acceptors (Lipinski definition) is 3. The van der Waals surface area contributed by atoms with Crippen molar-refractivity contribution in [2.45, 2.75) is 18.4 Å². The molecular formula is C15H14ClNO3. The number of non-ortho nitro benzene ring substituents is 1. The number of alkyl halides is 1. The van der Waals surface area contributed by atoms with Gasteiger partial charge in [-0.1, -0.05) is 36.4 Å². The second kappa shape index (κ2) is 6.50. The van der Waals surface area contributed by atoms with E-state index >= 15 is 0 Å². The minimum absolute atomic E-state index is 0.0507. The van der Waals surface area contributed by atoms with Crippen molar-refractivity contribution in [2.24, 2.45) is 0 Å². The maximum Gasteiger partial charge on any atom is 0.269 e. The van der Waals surface area contributed by atoms with Gasteiger partial charge >= 0.3 is 0 Å². The Morgan fingerprint density at radius 3 is 2.10 bits per heavy atom. The fourth-order valence-corrected chi connectivity index (χ4v) is 2.10. The summed E-state index contributed by atoms with van der Waals surface area (Å²) in [5.41, 5.74) is 2.70. The van der Waals surface area contributed by atoms with Crippen LogP contribution in [0.2, 0.25) is 0 Å². The van der Waals surface area contributed by atoms with Crippen LogP contribution in [-0.4, -0.2) is 10.0 Å². The van der Waals surface area contributed by atoms with Crippen LogP contribution in [0, 0.1) is 10.1 Å². The molecule has 0 aliphatic carbocycles. The molecule has 0 bridgehead atoms. The van der Waals surface area contributed by atoms with Gasteiger partial charge in [0.2, 0.25) is 0 Å². The van der Waals surface area contributed by atoms with Crippen molar-refractivity contribution in [2.75, 3.05) is 0 Å². The summed E-state index contributed by atoms with van der Waals surface area (Å²) in [6.45, 7) is 0. The zero-order valence-corrected chi connectivity index (χ0v) is 11.5. The highest BCUT2D eigenvalue weighted by Gasteiger charge is 2.10. The summed E-state index contributed by atoms with van der Waals surface area (Å²) in [4.78, 5) is 10.1. The second-order valence-electron chi connectivity index (χ2n) is 4.52. The fourth-order valence-electron chi connectivity index (χ4n) is 1.92. The molecule has 0 amide bonds. The molecule has 1 atom stereocenters. The molecule has 5 heteroatoms. The summed E-state index contributed by atoms with van der Waals surface area (Å²) in [5, 5.41) is 20.7. The highest BCUT2D eigenvalue weighted by Crippen LogP contribution is 2.21. The Balaban J connectivity index is 2.06. The highest BCUT2D eigenvalue weighted by molar-refractivity contribution is 6.17. The van der Waals surface area contributed by atoms with Gasteiger partial charge in [-0.3, -0.25) is 10.1 Å². The SMILES string of the molecule is O=[N+]([O-])c1ccc(CC(O)c2ccc(CCl)cc2)cc1. The van der Waals surface area contributed by atoms with Crippen molar-refractivity contribution in [3.8, 4) is 0 Å². The van der Waals surface area contributed by atoms with Crippen LogP contribution in [0.5, 0.6) is 0 Å². The largest absolute Gasteiger partial charge is 0.388 e. The smallest absolute Gasteiger partial charge is 0.269 e. The molecule has 0 saturated heterocycles. The summed E-state index contributed by atoms with van der Waals surface area (Å²) in [5.74, 6) is 0.443. The van der Waals surface area contributed by atoms with Crippen LogP contribution in [0.15, 0.2) is 48.5 Å². The number of aliphatic hydroxyl groups excluding tert-OH is 1. The first kappa shape index (κ1) is 14.5. The molecule has 0 radical (unpaired) electrons. The monoisotopic (exact) mass is 291 g/mol. The third-order valence-electron chi connectivity index (χ3n) is 3.10. The average molecular weight is 292 g/mol. The normalized spacial score (nSPS) is 12.1. The minimum Gasteiger partial charge on any atom is -0.388 e. The molecule has 20 heavy (non-hydrogen) atoms. The Kier molecular flexibility index (Phi) is 4.71. The number of rotatable bonds is 5. The Morgan fingerprint density at radius 2 is 1.60 bits per heavy atom. The lowest BCUT2D eigenvalue weighted by atomic mass is 10.0. The van der Waals surface area contributed by atoms with Gasteiger partial charge in [-0.25, -0.2) is 0 Å². The topological polar surface area (TPSA) is 63.4 Å². The van der Waals surface area contributed by atoms with Crippen molar-refractivity contribution in [1.82, 2.24) is 0 Å². The molecule has 0 fully saturated rings. The van der Waals surface area contributed by atoms with Gasteiger partial charge in [0.1, 0.15) is 0 Å². The molecule has 0 spiro atoms. The molecule has 1 N–H and O–H groups in total. The maximum absolute atomic E-state index is 10.6. The van der Waals surface area contributed by atoms with Crippen LogP contribution in [0.4, 0.5) is 5.69 Å². The quantitative estimate of drug-likeness (QED) is 0.520.